The van der Waals surface area contributed by atoms with Gasteiger partial charge in [-0.05, 0) is 57.0 Å². The van der Waals surface area contributed by atoms with Crippen LogP contribution in [0.15, 0.2) is 42.5 Å². The molecule has 1 aromatic heterocycles. The molecule has 2 aromatic rings. The second-order valence-electron chi connectivity index (χ2n) is 7.70. The molecule has 2 aliphatic rings. The summed E-state index contributed by atoms with van der Waals surface area (Å²) in [5.41, 5.74) is 3.58. The smallest absolute Gasteiger partial charge is 0.122 e. The van der Waals surface area contributed by atoms with Gasteiger partial charge in [0.15, 0.2) is 0 Å². The number of hydrogen-bond acceptors (Lipinski definition) is 4. The topological polar surface area (TPSA) is 34.6 Å². The van der Waals surface area contributed by atoms with E-state index in [0.29, 0.717) is 5.92 Å². The zero-order valence-electron chi connectivity index (χ0n) is 16.3. The fourth-order valence-electron chi connectivity index (χ4n) is 4.48. The van der Waals surface area contributed by atoms with E-state index >= 15 is 0 Å². The summed E-state index contributed by atoms with van der Waals surface area (Å²) in [5, 5.41) is 0. The average Bonchev–Trinajstić information content (AvgIpc) is 2.75. The fourth-order valence-corrected chi connectivity index (χ4v) is 4.48. The highest BCUT2D eigenvalue weighted by molar-refractivity contribution is 5.36. The van der Waals surface area contributed by atoms with Crippen LogP contribution in [-0.2, 0) is 11.2 Å². The van der Waals surface area contributed by atoms with Gasteiger partial charge < -0.3 is 14.4 Å². The summed E-state index contributed by atoms with van der Waals surface area (Å²) in [7, 11) is 1.73. The van der Waals surface area contributed by atoms with Crippen LogP contribution in [0.2, 0.25) is 0 Å². The maximum absolute atomic E-state index is 5.51. The summed E-state index contributed by atoms with van der Waals surface area (Å²) >= 11 is 0. The van der Waals surface area contributed by atoms with E-state index in [2.05, 4.69) is 35.2 Å². The largest absolute Gasteiger partial charge is 0.496 e. The number of para-hydroxylation sites is 1. The van der Waals surface area contributed by atoms with Gasteiger partial charge in [0.2, 0.25) is 0 Å². The molecule has 0 spiro atoms. The van der Waals surface area contributed by atoms with Gasteiger partial charge in [-0.25, -0.2) is 0 Å². The highest BCUT2D eigenvalue weighted by atomic mass is 16.5. The second-order valence-corrected chi connectivity index (χ2v) is 7.70. The first kappa shape index (κ1) is 18.5. The van der Waals surface area contributed by atoms with Crippen LogP contribution in [0.1, 0.15) is 48.6 Å². The van der Waals surface area contributed by atoms with Gasteiger partial charge in [-0.1, -0.05) is 24.3 Å². The molecule has 4 nitrogen and oxygen atoms in total. The number of methoxy groups -OCH3 is 1. The van der Waals surface area contributed by atoms with Crippen molar-refractivity contribution in [2.45, 2.75) is 44.1 Å². The Morgan fingerprint density at radius 3 is 2.56 bits per heavy atom. The lowest BCUT2D eigenvalue weighted by molar-refractivity contribution is 0.0250. The number of nitrogens with zero attached hydrogens (tertiary/aromatic N) is 2. The van der Waals surface area contributed by atoms with Crippen LogP contribution in [-0.4, -0.2) is 49.3 Å². The van der Waals surface area contributed by atoms with Crippen molar-refractivity contribution in [3.63, 3.8) is 0 Å². The maximum atomic E-state index is 5.51. The minimum Gasteiger partial charge on any atom is -0.496 e. The van der Waals surface area contributed by atoms with Crippen molar-refractivity contribution in [2.75, 3.05) is 33.4 Å². The lowest BCUT2D eigenvalue weighted by Crippen LogP contribution is -2.43. The first-order valence-corrected chi connectivity index (χ1v) is 10.2. The predicted octanol–water partition coefficient (Wildman–Crippen LogP) is 4.04. The SMILES string of the molecule is COc1ccccc1Cc1cccc(C2CCN(C3CCOCC3)CC2)n1. The number of ether oxygens (including phenoxy) is 2. The standard InChI is InChI=1S/C23H30N2O2/c1-26-23-8-3-2-5-19(23)17-20-6-4-7-22(24-20)18-9-13-25(14-10-18)21-11-15-27-16-12-21/h2-8,18,21H,9-17H2,1H3. The van der Waals surface area contributed by atoms with E-state index in [1.54, 1.807) is 7.11 Å². The molecule has 0 saturated carbocycles. The van der Waals surface area contributed by atoms with E-state index in [1.807, 2.05) is 12.1 Å². The molecule has 0 bridgehead atoms. The van der Waals surface area contributed by atoms with E-state index in [1.165, 1.54) is 50.0 Å². The molecule has 4 heteroatoms. The normalized spacial score (nSPS) is 19.9. The van der Waals surface area contributed by atoms with Crippen LogP contribution in [0.3, 0.4) is 0 Å². The number of aromatic nitrogens is 1. The quantitative estimate of drug-likeness (QED) is 0.800. The molecule has 144 valence electrons. The van der Waals surface area contributed by atoms with E-state index < -0.39 is 0 Å². The van der Waals surface area contributed by atoms with Gasteiger partial charge in [-0.15, -0.1) is 0 Å². The van der Waals surface area contributed by atoms with Crippen molar-refractivity contribution < 1.29 is 9.47 Å². The van der Waals surface area contributed by atoms with Gasteiger partial charge in [0.1, 0.15) is 5.75 Å². The summed E-state index contributed by atoms with van der Waals surface area (Å²) in [6.45, 7) is 4.23. The Labute approximate surface area is 162 Å². The van der Waals surface area contributed by atoms with Crippen molar-refractivity contribution in [1.82, 2.24) is 9.88 Å². The van der Waals surface area contributed by atoms with Gasteiger partial charge in [0.05, 0.1) is 7.11 Å². The van der Waals surface area contributed by atoms with Gasteiger partial charge >= 0.3 is 0 Å². The van der Waals surface area contributed by atoms with Gasteiger partial charge in [0, 0.05) is 48.5 Å². The highest BCUT2D eigenvalue weighted by Gasteiger charge is 2.27. The van der Waals surface area contributed by atoms with E-state index in [4.69, 9.17) is 14.5 Å². The van der Waals surface area contributed by atoms with Crippen LogP contribution in [0.5, 0.6) is 5.75 Å². The van der Waals surface area contributed by atoms with Crippen LogP contribution in [0.25, 0.3) is 0 Å². The van der Waals surface area contributed by atoms with Crippen molar-refractivity contribution >= 4 is 0 Å². The summed E-state index contributed by atoms with van der Waals surface area (Å²) in [6.07, 6.45) is 5.62. The molecule has 2 aliphatic heterocycles. The van der Waals surface area contributed by atoms with Gasteiger partial charge in [-0.2, -0.15) is 0 Å². The average molecular weight is 367 g/mol. The number of pyridine rings is 1. The Bertz CT molecular complexity index is 735. The molecule has 1 aromatic carbocycles. The van der Waals surface area contributed by atoms with Crippen LogP contribution in [0, 0.1) is 0 Å². The summed E-state index contributed by atoms with van der Waals surface area (Å²) < 4.78 is 11.0. The molecule has 0 atom stereocenters. The van der Waals surface area contributed by atoms with Crippen molar-refractivity contribution in [1.29, 1.82) is 0 Å². The molecule has 27 heavy (non-hydrogen) atoms. The second kappa shape index (κ2) is 8.85. The Hall–Kier alpha value is -1.91. The van der Waals surface area contributed by atoms with Crippen LogP contribution in [0.4, 0.5) is 0 Å². The van der Waals surface area contributed by atoms with E-state index in [9.17, 15) is 0 Å². The molecule has 4 rings (SSSR count). The Morgan fingerprint density at radius 2 is 1.78 bits per heavy atom. The minimum atomic E-state index is 0.582. The molecule has 2 saturated heterocycles. The monoisotopic (exact) mass is 366 g/mol. The summed E-state index contributed by atoms with van der Waals surface area (Å²) in [5.74, 6) is 1.52. The minimum absolute atomic E-state index is 0.582. The van der Waals surface area contributed by atoms with E-state index in [-0.39, 0.29) is 0 Å². The van der Waals surface area contributed by atoms with E-state index in [0.717, 1.165) is 37.1 Å². The third-order valence-electron chi connectivity index (χ3n) is 6.05. The molecule has 0 amide bonds. The molecule has 2 fully saturated rings. The Morgan fingerprint density at radius 1 is 1.00 bits per heavy atom. The molecule has 0 N–H and O–H groups in total. The third kappa shape index (κ3) is 4.50. The van der Waals surface area contributed by atoms with Crippen LogP contribution < -0.4 is 4.74 Å². The highest BCUT2D eigenvalue weighted by Crippen LogP contribution is 2.30. The number of rotatable bonds is 5. The molecule has 0 aliphatic carbocycles. The zero-order valence-corrected chi connectivity index (χ0v) is 16.3. The molecular weight excluding hydrogens is 336 g/mol. The predicted molar refractivity (Wildman–Crippen MR) is 107 cm³/mol. The summed E-state index contributed by atoms with van der Waals surface area (Å²) in [4.78, 5) is 7.69. The number of benzene rings is 1. The van der Waals surface area contributed by atoms with Crippen molar-refractivity contribution in [3.05, 3.63) is 59.4 Å². The lowest BCUT2D eigenvalue weighted by Gasteiger charge is -2.39. The number of likely N-dealkylation sites (tertiary alicyclic amines) is 1. The number of piperidine rings is 1. The zero-order chi connectivity index (χ0) is 18.5. The van der Waals surface area contributed by atoms with Crippen LogP contribution >= 0.6 is 0 Å². The first-order chi connectivity index (χ1) is 13.3. The molecule has 3 heterocycles. The Kier molecular flexibility index (Phi) is 6.05. The third-order valence-corrected chi connectivity index (χ3v) is 6.05. The van der Waals surface area contributed by atoms with Crippen molar-refractivity contribution in [2.24, 2.45) is 0 Å². The molecule has 0 unspecified atom stereocenters. The summed E-state index contributed by atoms with van der Waals surface area (Å²) in [6, 6.07) is 15.5. The maximum Gasteiger partial charge on any atom is 0.122 e. The van der Waals surface area contributed by atoms with Gasteiger partial charge in [-0.3, -0.25) is 4.98 Å². The first-order valence-electron chi connectivity index (χ1n) is 10.2. The van der Waals surface area contributed by atoms with Crippen molar-refractivity contribution in [3.8, 4) is 5.75 Å². The van der Waals surface area contributed by atoms with Gasteiger partial charge in [0.25, 0.3) is 0 Å². The molecular formula is C23H30N2O2. The number of hydrogen-bond donors (Lipinski definition) is 0. The lowest BCUT2D eigenvalue weighted by atomic mass is 9.91. The molecule has 0 radical (unpaired) electrons. The Balaban J connectivity index is 1.39. The fraction of sp³-hybridized carbons (Fsp3) is 0.522.